The summed E-state index contributed by atoms with van der Waals surface area (Å²) in [4.78, 5) is 6.71. The third kappa shape index (κ3) is 4.47. The molecular weight excluding hydrogens is 328 g/mol. The van der Waals surface area contributed by atoms with Gasteiger partial charge in [0, 0.05) is 19.6 Å². The molecule has 0 bridgehead atoms. The van der Waals surface area contributed by atoms with Gasteiger partial charge in [-0.2, -0.15) is 4.98 Å². The second-order valence-corrected chi connectivity index (χ2v) is 6.26. The fraction of sp³-hybridized carbons (Fsp3) is 0.529. The lowest BCUT2D eigenvalue weighted by atomic mass is 10.0. The molecule has 2 aromatic rings. The second kappa shape index (κ2) is 8.46. The van der Waals surface area contributed by atoms with Gasteiger partial charge in [-0.1, -0.05) is 31.1 Å². The van der Waals surface area contributed by atoms with Crippen LogP contribution in [-0.2, 0) is 6.61 Å². The SMILES string of the molecule is CC(C)c1cccc(OCc2nc(C3CNCCN3C)no2)c1.Cl. The topological polar surface area (TPSA) is 63.4 Å². The lowest BCUT2D eigenvalue weighted by molar-refractivity contribution is 0.189. The van der Waals surface area contributed by atoms with Crippen LogP contribution in [0.4, 0.5) is 0 Å². The van der Waals surface area contributed by atoms with Crippen LogP contribution < -0.4 is 10.1 Å². The predicted octanol–water partition coefficient (Wildman–Crippen LogP) is 2.77. The maximum atomic E-state index is 5.78. The number of rotatable bonds is 5. The van der Waals surface area contributed by atoms with Gasteiger partial charge in [-0.25, -0.2) is 0 Å². The Balaban J connectivity index is 0.00000208. The fourth-order valence-corrected chi connectivity index (χ4v) is 2.66. The van der Waals surface area contributed by atoms with E-state index in [1.807, 2.05) is 12.1 Å². The Morgan fingerprint density at radius 1 is 1.42 bits per heavy atom. The van der Waals surface area contributed by atoms with Crippen molar-refractivity contribution in [2.24, 2.45) is 0 Å². The van der Waals surface area contributed by atoms with Crippen molar-refractivity contribution in [3.05, 3.63) is 41.5 Å². The molecule has 0 spiro atoms. The molecule has 0 aliphatic carbocycles. The summed E-state index contributed by atoms with van der Waals surface area (Å²) in [6, 6.07) is 8.27. The van der Waals surface area contributed by atoms with Crippen molar-refractivity contribution in [3.63, 3.8) is 0 Å². The molecule has 1 aromatic heterocycles. The van der Waals surface area contributed by atoms with Crippen LogP contribution >= 0.6 is 12.4 Å². The molecule has 132 valence electrons. The normalized spacial score (nSPS) is 18.4. The van der Waals surface area contributed by atoms with Crippen molar-refractivity contribution >= 4 is 12.4 Å². The Labute approximate surface area is 149 Å². The van der Waals surface area contributed by atoms with Crippen LogP contribution in [-0.4, -0.2) is 41.7 Å². The summed E-state index contributed by atoms with van der Waals surface area (Å²) < 4.78 is 11.1. The molecule has 24 heavy (non-hydrogen) atoms. The molecule has 1 N–H and O–H groups in total. The zero-order valence-electron chi connectivity index (χ0n) is 14.4. The van der Waals surface area contributed by atoms with Gasteiger partial charge in [0.25, 0.3) is 5.89 Å². The quantitative estimate of drug-likeness (QED) is 0.892. The molecule has 1 aliphatic heterocycles. The Bertz CT molecular complexity index is 647. The molecule has 1 aromatic carbocycles. The van der Waals surface area contributed by atoms with Gasteiger partial charge in [0.15, 0.2) is 12.4 Å². The molecule has 0 amide bonds. The van der Waals surface area contributed by atoms with Crippen molar-refractivity contribution < 1.29 is 9.26 Å². The number of hydrogen-bond donors (Lipinski definition) is 1. The number of halogens is 1. The van der Waals surface area contributed by atoms with Crippen LogP contribution in [0.15, 0.2) is 28.8 Å². The fourth-order valence-electron chi connectivity index (χ4n) is 2.66. The van der Waals surface area contributed by atoms with Gasteiger partial charge in [-0.3, -0.25) is 4.90 Å². The Hall–Kier alpha value is -1.63. The summed E-state index contributed by atoms with van der Waals surface area (Å²) in [6.07, 6.45) is 0. The number of ether oxygens (including phenoxy) is 1. The molecule has 1 aliphatic rings. The molecule has 7 heteroatoms. The Kier molecular flexibility index (Phi) is 6.60. The molecule has 6 nitrogen and oxygen atoms in total. The molecule has 1 saturated heterocycles. The number of likely N-dealkylation sites (N-methyl/N-ethyl adjacent to an activating group) is 1. The zero-order valence-corrected chi connectivity index (χ0v) is 15.2. The van der Waals surface area contributed by atoms with Crippen LogP contribution in [0.25, 0.3) is 0 Å². The zero-order chi connectivity index (χ0) is 16.2. The van der Waals surface area contributed by atoms with Crippen molar-refractivity contribution in [3.8, 4) is 5.75 Å². The predicted molar refractivity (Wildman–Crippen MR) is 94.6 cm³/mol. The van der Waals surface area contributed by atoms with E-state index in [4.69, 9.17) is 9.26 Å². The molecular formula is C17H25ClN4O2. The van der Waals surface area contributed by atoms with E-state index < -0.39 is 0 Å². The van der Waals surface area contributed by atoms with E-state index in [2.05, 4.69) is 53.4 Å². The summed E-state index contributed by atoms with van der Waals surface area (Å²) in [7, 11) is 2.08. The van der Waals surface area contributed by atoms with E-state index in [9.17, 15) is 0 Å². The average molecular weight is 353 g/mol. The first-order valence-corrected chi connectivity index (χ1v) is 8.09. The number of piperazine rings is 1. The van der Waals surface area contributed by atoms with Crippen LogP contribution in [0.3, 0.4) is 0 Å². The molecule has 3 rings (SSSR count). The summed E-state index contributed by atoms with van der Waals surface area (Å²) in [5.41, 5.74) is 1.25. The van der Waals surface area contributed by atoms with Crippen LogP contribution in [0.5, 0.6) is 5.75 Å². The maximum absolute atomic E-state index is 5.78. The van der Waals surface area contributed by atoms with Crippen LogP contribution in [0.2, 0.25) is 0 Å². The van der Waals surface area contributed by atoms with Crippen molar-refractivity contribution in [1.29, 1.82) is 0 Å². The monoisotopic (exact) mass is 352 g/mol. The Morgan fingerprint density at radius 3 is 3.00 bits per heavy atom. The maximum Gasteiger partial charge on any atom is 0.264 e. The second-order valence-electron chi connectivity index (χ2n) is 6.26. The highest BCUT2D eigenvalue weighted by atomic mass is 35.5. The lowest BCUT2D eigenvalue weighted by Crippen LogP contribution is -2.44. The summed E-state index contributed by atoms with van der Waals surface area (Å²) >= 11 is 0. The van der Waals surface area contributed by atoms with E-state index in [1.54, 1.807) is 0 Å². The van der Waals surface area contributed by atoms with E-state index in [0.717, 1.165) is 25.4 Å². The molecule has 0 radical (unpaired) electrons. The van der Waals surface area contributed by atoms with E-state index in [1.165, 1.54) is 5.56 Å². The van der Waals surface area contributed by atoms with Gasteiger partial charge >= 0.3 is 0 Å². The van der Waals surface area contributed by atoms with E-state index >= 15 is 0 Å². The average Bonchev–Trinajstić information content (AvgIpc) is 3.02. The van der Waals surface area contributed by atoms with Crippen LogP contribution in [0, 0.1) is 0 Å². The van der Waals surface area contributed by atoms with Gasteiger partial charge in [-0.15, -0.1) is 12.4 Å². The first-order valence-electron chi connectivity index (χ1n) is 8.09. The number of benzene rings is 1. The van der Waals surface area contributed by atoms with E-state index in [0.29, 0.717) is 24.2 Å². The molecule has 0 saturated carbocycles. The summed E-state index contributed by atoms with van der Waals surface area (Å²) in [5, 5.41) is 7.45. The molecule has 2 heterocycles. The number of aromatic nitrogens is 2. The summed E-state index contributed by atoms with van der Waals surface area (Å²) in [6.45, 7) is 7.43. The minimum atomic E-state index is 0. The smallest absolute Gasteiger partial charge is 0.264 e. The minimum absolute atomic E-state index is 0. The van der Waals surface area contributed by atoms with Crippen LogP contribution in [0.1, 0.15) is 43.1 Å². The largest absolute Gasteiger partial charge is 0.484 e. The first-order chi connectivity index (χ1) is 11.1. The number of hydrogen-bond acceptors (Lipinski definition) is 6. The first kappa shape index (κ1) is 18.7. The van der Waals surface area contributed by atoms with Crippen molar-refractivity contribution in [1.82, 2.24) is 20.4 Å². The van der Waals surface area contributed by atoms with Crippen molar-refractivity contribution in [2.75, 3.05) is 26.7 Å². The molecule has 1 unspecified atom stereocenters. The Morgan fingerprint density at radius 2 is 2.25 bits per heavy atom. The number of nitrogens with one attached hydrogen (secondary N) is 1. The third-order valence-electron chi connectivity index (χ3n) is 4.18. The summed E-state index contributed by atoms with van der Waals surface area (Å²) in [5.74, 6) is 2.53. The van der Waals surface area contributed by atoms with Gasteiger partial charge in [0.05, 0.1) is 6.04 Å². The molecule has 1 fully saturated rings. The van der Waals surface area contributed by atoms with Gasteiger partial charge < -0.3 is 14.6 Å². The number of nitrogens with zero attached hydrogens (tertiary/aromatic N) is 3. The van der Waals surface area contributed by atoms with Gasteiger partial charge in [0.1, 0.15) is 5.75 Å². The lowest BCUT2D eigenvalue weighted by Gasteiger charge is -2.30. The highest BCUT2D eigenvalue weighted by Crippen LogP contribution is 2.21. The minimum Gasteiger partial charge on any atom is -0.484 e. The highest BCUT2D eigenvalue weighted by molar-refractivity contribution is 5.85. The highest BCUT2D eigenvalue weighted by Gasteiger charge is 2.25. The van der Waals surface area contributed by atoms with Gasteiger partial charge in [0.2, 0.25) is 0 Å². The van der Waals surface area contributed by atoms with Gasteiger partial charge in [-0.05, 0) is 30.7 Å². The van der Waals surface area contributed by atoms with Crippen molar-refractivity contribution in [2.45, 2.75) is 32.4 Å². The molecule has 1 atom stereocenters. The van der Waals surface area contributed by atoms with E-state index in [-0.39, 0.29) is 18.4 Å². The third-order valence-corrected chi connectivity index (χ3v) is 4.18. The standard InChI is InChI=1S/C17H24N4O2.ClH/c1-12(2)13-5-4-6-14(9-13)22-11-16-19-17(20-23-16)15-10-18-7-8-21(15)3;/h4-6,9,12,15,18H,7-8,10-11H2,1-3H3;1H.